The minimum Gasteiger partial charge on any atom is -0.484 e. The van der Waals surface area contributed by atoms with E-state index in [0.29, 0.717) is 24.3 Å². The van der Waals surface area contributed by atoms with Gasteiger partial charge in [-0.05, 0) is 61.7 Å². The summed E-state index contributed by atoms with van der Waals surface area (Å²) < 4.78 is 6.35. The zero-order chi connectivity index (χ0) is 20.5. The fraction of sp³-hybridized carbons (Fsp3) is 0.286. The third-order valence-corrected chi connectivity index (χ3v) is 4.46. The first kappa shape index (κ1) is 21.6. The lowest BCUT2D eigenvalue weighted by molar-refractivity contribution is -0.125. The van der Waals surface area contributed by atoms with Crippen molar-refractivity contribution >= 4 is 39.2 Å². The molecule has 0 heterocycles. The normalized spacial score (nSPS) is 10.2. The van der Waals surface area contributed by atoms with Gasteiger partial charge in [0.25, 0.3) is 5.91 Å². The Morgan fingerprint density at radius 1 is 1.04 bits per heavy atom. The number of rotatable bonds is 9. The van der Waals surface area contributed by atoms with Crippen LogP contribution in [-0.2, 0) is 20.8 Å². The van der Waals surface area contributed by atoms with E-state index >= 15 is 0 Å². The first-order valence-electron chi connectivity index (χ1n) is 8.87. The Morgan fingerprint density at radius 3 is 2.39 bits per heavy atom. The van der Waals surface area contributed by atoms with E-state index in [9.17, 15) is 14.4 Å². The highest BCUT2D eigenvalue weighted by Crippen LogP contribution is 2.19. The molecule has 0 aliphatic carbocycles. The van der Waals surface area contributed by atoms with Gasteiger partial charge in [-0.3, -0.25) is 9.59 Å². The second kappa shape index (κ2) is 10.6. The molecule has 0 bridgehead atoms. The van der Waals surface area contributed by atoms with Crippen LogP contribution in [0.3, 0.4) is 0 Å². The third-order valence-electron chi connectivity index (χ3n) is 3.97. The van der Waals surface area contributed by atoms with Crippen molar-refractivity contribution in [3.63, 3.8) is 0 Å². The lowest BCUT2D eigenvalue weighted by atomic mass is 10.1. The summed E-state index contributed by atoms with van der Waals surface area (Å²) in [5, 5.41) is 5.28. The minimum atomic E-state index is -0.386. The predicted octanol–water partition coefficient (Wildman–Crippen LogP) is 3.41. The molecule has 2 amide bonds. The van der Waals surface area contributed by atoms with Crippen molar-refractivity contribution < 1.29 is 19.1 Å². The number of anilines is 1. The number of halogens is 1. The fourth-order valence-corrected chi connectivity index (χ4v) is 2.89. The summed E-state index contributed by atoms with van der Waals surface area (Å²) in [5.41, 5.74) is 2.65. The van der Waals surface area contributed by atoms with Crippen LogP contribution in [0.4, 0.5) is 5.69 Å². The van der Waals surface area contributed by atoms with Gasteiger partial charge in [0.2, 0.25) is 5.91 Å². The van der Waals surface area contributed by atoms with Crippen LogP contribution in [0, 0.1) is 6.92 Å². The molecule has 0 unspecified atom stereocenters. The van der Waals surface area contributed by atoms with Gasteiger partial charge in [0.05, 0.1) is 6.54 Å². The Morgan fingerprint density at radius 2 is 1.75 bits per heavy atom. The molecule has 0 aliphatic heterocycles. The van der Waals surface area contributed by atoms with E-state index in [-0.39, 0.29) is 30.7 Å². The standard InChI is InChI=1S/C21H23BrN2O4/c1-14-11-17(22)7-10-19(14)24-20(26)12-23-21(27)13-28-18-8-5-16(6-9-18)4-3-15(2)25/h5-11H,3-4,12-13H2,1-2H3,(H,23,27)(H,24,26). The number of ether oxygens (including phenoxy) is 1. The van der Waals surface area contributed by atoms with Crippen molar-refractivity contribution in [2.75, 3.05) is 18.5 Å². The molecule has 0 atom stereocenters. The molecule has 0 radical (unpaired) electrons. The molecule has 2 aromatic carbocycles. The number of nitrogens with one attached hydrogen (secondary N) is 2. The maximum atomic E-state index is 12.0. The molecule has 7 heteroatoms. The van der Waals surface area contributed by atoms with Gasteiger partial charge < -0.3 is 20.2 Å². The smallest absolute Gasteiger partial charge is 0.258 e. The summed E-state index contributed by atoms with van der Waals surface area (Å²) in [6.07, 6.45) is 1.19. The summed E-state index contributed by atoms with van der Waals surface area (Å²) in [4.78, 5) is 34.8. The lowest BCUT2D eigenvalue weighted by Crippen LogP contribution is -2.35. The Labute approximate surface area is 172 Å². The molecule has 0 saturated carbocycles. The van der Waals surface area contributed by atoms with Gasteiger partial charge in [0.1, 0.15) is 11.5 Å². The first-order valence-corrected chi connectivity index (χ1v) is 9.66. The molecule has 148 valence electrons. The zero-order valence-corrected chi connectivity index (χ0v) is 17.5. The lowest BCUT2D eigenvalue weighted by Gasteiger charge is -2.10. The number of hydrogen-bond acceptors (Lipinski definition) is 4. The monoisotopic (exact) mass is 446 g/mol. The molecule has 0 saturated heterocycles. The molecule has 6 nitrogen and oxygen atoms in total. The highest BCUT2D eigenvalue weighted by molar-refractivity contribution is 9.10. The summed E-state index contributed by atoms with van der Waals surface area (Å²) >= 11 is 3.37. The van der Waals surface area contributed by atoms with E-state index in [1.807, 2.05) is 31.2 Å². The van der Waals surface area contributed by atoms with Crippen molar-refractivity contribution in [2.45, 2.75) is 26.7 Å². The average Bonchev–Trinajstić information content (AvgIpc) is 2.66. The van der Waals surface area contributed by atoms with Gasteiger partial charge in [-0.1, -0.05) is 28.1 Å². The van der Waals surface area contributed by atoms with Gasteiger partial charge in [-0.2, -0.15) is 0 Å². The fourth-order valence-electron chi connectivity index (χ4n) is 2.41. The molecule has 2 N–H and O–H groups in total. The van der Waals surface area contributed by atoms with E-state index < -0.39 is 0 Å². The molecular weight excluding hydrogens is 424 g/mol. The van der Waals surface area contributed by atoms with Crippen molar-refractivity contribution in [2.24, 2.45) is 0 Å². The number of aryl methyl sites for hydroxylation is 2. The van der Waals surface area contributed by atoms with Crippen LogP contribution in [0.5, 0.6) is 5.75 Å². The van der Waals surface area contributed by atoms with Crippen LogP contribution in [-0.4, -0.2) is 30.7 Å². The summed E-state index contributed by atoms with van der Waals surface area (Å²) in [6, 6.07) is 12.8. The predicted molar refractivity (Wildman–Crippen MR) is 111 cm³/mol. The number of hydrogen-bond donors (Lipinski definition) is 2. The number of ketones is 1. The minimum absolute atomic E-state index is 0.137. The first-order chi connectivity index (χ1) is 13.3. The van der Waals surface area contributed by atoms with Gasteiger partial charge in [0.15, 0.2) is 6.61 Å². The van der Waals surface area contributed by atoms with Gasteiger partial charge in [0, 0.05) is 16.6 Å². The number of carbonyl (C=O) groups is 3. The average molecular weight is 447 g/mol. The summed E-state index contributed by atoms with van der Waals surface area (Å²) in [7, 11) is 0. The third kappa shape index (κ3) is 7.52. The number of benzene rings is 2. The molecule has 2 aromatic rings. The SMILES string of the molecule is CC(=O)CCc1ccc(OCC(=O)NCC(=O)Nc2ccc(Br)cc2C)cc1. The van der Waals surface area contributed by atoms with E-state index in [1.54, 1.807) is 25.1 Å². The van der Waals surface area contributed by atoms with E-state index in [0.717, 1.165) is 15.6 Å². The largest absolute Gasteiger partial charge is 0.484 e. The van der Waals surface area contributed by atoms with E-state index in [4.69, 9.17) is 4.74 Å². The Balaban J connectivity index is 1.72. The van der Waals surface area contributed by atoms with Crippen LogP contribution >= 0.6 is 15.9 Å². The number of carbonyl (C=O) groups excluding carboxylic acids is 3. The molecule has 0 spiro atoms. The van der Waals surface area contributed by atoms with Crippen LogP contribution < -0.4 is 15.4 Å². The molecule has 2 rings (SSSR count). The highest BCUT2D eigenvalue weighted by atomic mass is 79.9. The molecular formula is C21H23BrN2O4. The molecule has 0 fully saturated rings. The zero-order valence-electron chi connectivity index (χ0n) is 15.9. The van der Waals surface area contributed by atoms with Crippen LogP contribution in [0.25, 0.3) is 0 Å². The topological polar surface area (TPSA) is 84.5 Å². The summed E-state index contributed by atoms with van der Waals surface area (Å²) in [5.74, 6) is 0.00456. The quantitative estimate of drug-likeness (QED) is 0.617. The van der Waals surface area contributed by atoms with Crippen molar-refractivity contribution in [3.8, 4) is 5.75 Å². The van der Waals surface area contributed by atoms with Crippen LogP contribution in [0.2, 0.25) is 0 Å². The van der Waals surface area contributed by atoms with E-state index in [2.05, 4.69) is 26.6 Å². The second-order valence-corrected chi connectivity index (χ2v) is 7.33. The Hall–Kier alpha value is -2.67. The Bertz CT molecular complexity index is 850. The Kier molecular flexibility index (Phi) is 8.19. The van der Waals surface area contributed by atoms with E-state index in [1.165, 1.54) is 0 Å². The number of amides is 2. The summed E-state index contributed by atoms with van der Waals surface area (Å²) in [6.45, 7) is 3.13. The second-order valence-electron chi connectivity index (χ2n) is 6.42. The van der Waals surface area contributed by atoms with Crippen LogP contribution in [0.15, 0.2) is 46.9 Å². The molecule has 0 aromatic heterocycles. The van der Waals surface area contributed by atoms with Gasteiger partial charge in [-0.25, -0.2) is 0 Å². The molecule has 28 heavy (non-hydrogen) atoms. The van der Waals surface area contributed by atoms with Crippen LogP contribution in [0.1, 0.15) is 24.5 Å². The van der Waals surface area contributed by atoms with Gasteiger partial charge >= 0.3 is 0 Å². The maximum Gasteiger partial charge on any atom is 0.258 e. The number of Topliss-reactive ketones (excluding diaryl/α,β-unsaturated/α-hetero) is 1. The maximum absolute atomic E-state index is 12.0. The van der Waals surface area contributed by atoms with Crippen molar-refractivity contribution in [1.29, 1.82) is 0 Å². The highest BCUT2D eigenvalue weighted by Gasteiger charge is 2.08. The van der Waals surface area contributed by atoms with Crippen molar-refractivity contribution in [1.82, 2.24) is 5.32 Å². The van der Waals surface area contributed by atoms with Gasteiger partial charge in [-0.15, -0.1) is 0 Å². The molecule has 0 aliphatic rings. The van der Waals surface area contributed by atoms with Crippen molar-refractivity contribution in [3.05, 3.63) is 58.1 Å².